The molecule has 0 atom stereocenters. The number of para-hydroxylation sites is 1. The van der Waals surface area contributed by atoms with Crippen molar-refractivity contribution in [1.82, 2.24) is 19.2 Å². The molecular formula is C23H15ClF2N4OS. The van der Waals surface area contributed by atoms with Crippen molar-refractivity contribution in [3.63, 3.8) is 0 Å². The quantitative estimate of drug-likeness (QED) is 0.328. The van der Waals surface area contributed by atoms with E-state index in [1.165, 1.54) is 40.6 Å². The Morgan fingerprint density at radius 1 is 0.938 bits per heavy atom. The number of halogens is 3. The largest absolute Gasteiger partial charge is 0.272 e. The van der Waals surface area contributed by atoms with Crippen molar-refractivity contribution in [2.45, 2.75) is 17.5 Å². The van der Waals surface area contributed by atoms with Crippen LogP contribution in [0.2, 0.25) is 5.02 Å². The number of rotatable bonds is 5. The topological polar surface area (TPSA) is 52.2 Å². The number of benzene rings is 3. The first kappa shape index (κ1) is 20.7. The zero-order chi connectivity index (χ0) is 22.2. The third-order valence-corrected chi connectivity index (χ3v) is 6.43. The SMILES string of the molecule is O=c1c2ccccc2n2c(SCc3ccc(F)cc3Cl)nnc2n1Cc1ccc(F)cc1. The summed E-state index contributed by atoms with van der Waals surface area (Å²) in [6.07, 6.45) is 0. The fraction of sp³-hybridized carbons (Fsp3) is 0.0870. The van der Waals surface area contributed by atoms with Gasteiger partial charge in [0.1, 0.15) is 11.6 Å². The van der Waals surface area contributed by atoms with Crippen LogP contribution in [0.5, 0.6) is 0 Å². The molecule has 9 heteroatoms. The van der Waals surface area contributed by atoms with Crippen molar-refractivity contribution in [1.29, 1.82) is 0 Å². The molecule has 5 rings (SSSR count). The van der Waals surface area contributed by atoms with Crippen LogP contribution in [0.3, 0.4) is 0 Å². The van der Waals surface area contributed by atoms with Crippen LogP contribution >= 0.6 is 23.4 Å². The number of fused-ring (bicyclic) bond motifs is 3. The van der Waals surface area contributed by atoms with Gasteiger partial charge in [0.25, 0.3) is 5.56 Å². The van der Waals surface area contributed by atoms with E-state index < -0.39 is 5.82 Å². The van der Waals surface area contributed by atoms with E-state index in [-0.39, 0.29) is 17.9 Å². The van der Waals surface area contributed by atoms with Crippen LogP contribution in [-0.4, -0.2) is 19.2 Å². The van der Waals surface area contributed by atoms with Crippen molar-refractivity contribution < 1.29 is 8.78 Å². The molecule has 5 nitrogen and oxygen atoms in total. The molecule has 3 aromatic carbocycles. The minimum atomic E-state index is -0.396. The van der Waals surface area contributed by atoms with Crippen molar-refractivity contribution in [3.05, 3.63) is 105 Å². The third kappa shape index (κ3) is 3.76. The molecule has 0 radical (unpaired) electrons. The zero-order valence-corrected chi connectivity index (χ0v) is 18.1. The molecule has 0 aliphatic carbocycles. The second kappa shape index (κ2) is 8.37. The van der Waals surface area contributed by atoms with Crippen LogP contribution in [-0.2, 0) is 12.3 Å². The standard InChI is InChI=1S/C23H15ClF2N4OS/c24-19-11-17(26)10-7-15(19)13-32-23-28-27-22-29(12-14-5-8-16(25)9-6-14)21(31)18-3-1-2-4-20(18)30(22)23/h1-11H,12-13H2. The number of nitrogens with zero attached hydrogens (tertiary/aromatic N) is 4. The van der Waals surface area contributed by atoms with Gasteiger partial charge in [-0.3, -0.25) is 13.8 Å². The lowest BCUT2D eigenvalue weighted by Gasteiger charge is -2.11. The van der Waals surface area contributed by atoms with Crippen LogP contribution in [0.25, 0.3) is 16.7 Å². The highest BCUT2D eigenvalue weighted by atomic mass is 35.5. The second-order valence-corrected chi connectivity index (χ2v) is 8.53. The molecule has 0 aliphatic heterocycles. The summed E-state index contributed by atoms with van der Waals surface area (Å²) in [5.74, 6) is 0.0919. The third-order valence-electron chi connectivity index (χ3n) is 5.10. The van der Waals surface area contributed by atoms with Gasteiger partial charge in [-0.05, 0) is 47.5 Å². The van der Waals surface area contributed by atoms with Crippen LogP contribution in [0.4, 0.5) is 8.78 Å². The van der Waals surface area contributed by atoms with Crippen LogP contribution in [0.1, 0.15) is 11.1 Å². The molecule has 2 heterocycles. The minimum Gasteiger partial charge on any atom is -0.272 e. The lowest BCUT2D eigenvalue weighted by atomic mass is 10.2. The van der Waals surface area contributed by atoms with E-state index in [2.05, 4.69) is 10.2 Å². The first-order chi connectivity index (χ1) is 15.5. The Bertz CT molecular complexity index is 1520. The highest BCUT2D eigenvalue weighted by Crippen LogP contribution is 2.28. The van der Waals surface area contributed by atoms with Crippen molar-refractivity contribution >= 4 is 40.0 Å². The highest BCUT2D eigenvalue weighted by molar-refractivity contribution is 7.98. The van der Waals surface area contributed by atoms with E-state index in [9.17, 15) is 13.6 Å². The van der Waals surface area contributed by atoms with E-state index >= 15 is 0 Å². The van der Waals surface area contributed by atoms with Crippen LogP contribution < -0.4 is 5.56 Å². The molecule has 2 aromatic heterocycles. The van der Waals surface area contributed by atoms with Gasteiger partial charge in [0.05, 0.1) is 17.4 Å². The summed E-state index contributed by atoms with van der Waals surface area (Å²) in [5.41, 5.74) is 2.00. The lowest BCUT2D eigenvalue weighted by molar-refractivity contribution is 0.626. The Hall–Kier alpha value is -3.23. The molecular weight excluding hydrogens is 454 g/mol. The highest BCUT2D eigenvalue weighted by Gasteiger charge is 2.17. The normalized spacial score (nSPS) is 11.5. The Morgan fingerprint density at radius 3 is 2.47 bits per heavy atom. The van der Waals surface area contributed by atoms with Gasteiger partial charge in [-0.1, -0.05) is 53.7 Å². The predicted octanol–water partition coefficient (Wildman–Crippen LogP) is 5.32. The fourth-order valence-electron chi connectivity index (χ4n) is 3.52. The monoisotopic (exact) mass is 468 g/mol. The maximum atomic E-state index is 13.4. The van der Waals surface area contributed by atoms with Gasteiger partial charge >= 0.3 is 0 Å². The molecule has 0 amide bonds. The van der Waals surface area contributed by atoms with Crippen molar-refractivity contribution in [3.8, 4) is 0 Å². The average Bonchev–Trinajstić information content (AvgIpc) is 3.21. The summed E-state index contributed by atoms with van der Waals surface area (Å²) in [7, 11) is 0. The molecule has 0 aliphatic rings. The van der Waals surface area contributed by atoms with E-state index in [4.69, 9.17) is 11.6 Å². The molecule has 0 bridgehead atoms. The molecule has 5 aromatic rings. The van der Waals surface area contributed by atoms with Gasteiger partial charge in [-0.25, -0.2) is 8.78 Å². The molecule has 0 saturated carbocycles. The van der Waals surface area contributed by atoms with E-state index in [1.807, 2.05) is 16.5 Å². The molecule has 0 fully saturated rings. The summed E-state index contributed by atoms with van der Waals surface area (Å²) in [6.45, 7) is 0.222. The number of hydrogen-bond donors (Lipinski definition) is 0. The zero-order valence-electron chi connectivity index (χ0n) is 16.5. The van der Waals surface area contributed by atoms with Crippen molar-refractivity contribution in [2.75, 3.05) is 0 Å². The predicted molar refractivity (Wildman–Crippen MR) is 121 cm³/mol. The summed E-state index contributed by atoms with van der Waals surface area (Å²) in [6, 6.07) is 17.5. The van der Waals surface area contributed by atoms with Gasteiger partial charge < -0.3 is 0 Å². The maximum Gasteiger partial charge on any atom is 0.263 e. The molecule has 32 heavy (non-hydrogen) atoms. The smallest absolute Gasteiger partial charge is 0.263 e. The summed E-state index contributed by atoms with van der Waals surface area (Å²) in [4.78, 5) is 13.2. The van der Waals surface area contributed by atoms with Gasteiger partial charge in [-0.2, -0.15) is 0 Å². The number of hydrogen-bond acceptors (Lipinski definition) is 4. The Labute approximate surface area is 190 Å². The Kier molecular flexibility index (Phi) is 5.40. The van der Waals surface area contributed by atoms with Gasteiger partial charge in [0.15, 0.2) is 5.16 Å². The van der Waals surface area contributed by atoms with E-state index in [1.54, 1.807) is 30.3 Å². The fourth-order valence-corrected chi connectivity index (χ4v) is 4.78. The first-order valence-electron chi connectivity index (χ1n) is 9.69. The Morgan fingerprint density at radius 2 is 1.69 bits per heavy atom. The van der Waals surface area contributed by atoms with E-state index in [0.717, 1.165) is 11.1 Å². The summed E-state index contributed by atoms with van der Waals surface area (Å²) >= 11 is 7.55. The molecule has 0 saturated heterocycles. The van der Waals surface area contributed by atoms with E-state index in [0.29, 0.717) is 32.6 Å². The van der Waals surface area contributed by atoms with Gasteiger partial charge in [0, 0.05) is 10.8 Å². The molecule has 0 unspecified atom stereocenters. The lowest BCUT2D eigenvalue weighted by Crippen LogP contribution is -2.24. The summed E-state index contributed by atoms with van der Waals surface area (Å²) in [5, 5.41) is 10.0. The summed E-state index contributed by atoms with van der Waals surface area (Å²) < 4.78 is 30.0. The second-order valence-electron chi connectivity index (χ2n) is 7.18. The van der Waals surface area contributed by atoms with Crippen molar-refractivity contribution in [2.24, 2.45) is 0 Å². The molecule has 0 N–H and O–H groups in total. The number of thioether (sulfide) groups is 1. The van der Waals surface area contributed by atoms with Crippen LogP contribution in [0, 0.1) is 11.6 Å². The van der Waals surface area contributed by atoms with Crippen LogP contribution in [0.15, 0.2) is 76.7 Å². The number of aromatic nitrogens is 4. The van der Waals surface area contributed by atoms with Gasteiger partial charge in [0.2, 0.25) is 5.78 Å². The molecule has 0 spiro atoms. The Balaban J connectivity index is 1.62. The average molecular weight is 469 g/mol. The first-order valence-corrected chi connectivity index (χ1v) is 11.1. The maximum absolute atomic E-state index is 13.4. The minimum absolute atomic E-state index is 0.206. The molecule has 160 valence electrons. The van der Waals surface area contributed by atoms with Gasteiger partial charge in [-0.15, -0.1) is 10.2 Å².